The van der Waals surface area contributed by atoms with Gasteiger partial charge in [-0.2, -0.15) is 0 Å². The lowest BCUT2D eigenvalue weighted by Gasteiger charge is -2.28. The van der Waals surface area contributed by atoms with Gasteiger partial charge in [0.15, 0.2) is 5.11 Å². The van der Waals surface area contributed by atoms with Crippen LogP contribution in [0, 0.1) is 13.8 Å². The Bertz CT molecular complexity index is 1050. The highest BCUT2D eigenvalue weighted by Crippen LogP contribution is 2.41. The molecule has 5 nitrogen and oxygen atoms in total. The number of aryl methyl sites for hydroxylation is 1. The minimum absolute atomic E-state index is 0.0213. The summed E-state index contributed by atoms with van der Waals surface area (Å²) in [5, 5.41) is 4.24. The van der Waals surface area contributed by atoms with Gasteiger partial charge in [-0.25, -0.2) is 0 Å². The van der Waals surface area contributed by atoms with E-state index in [-0.39, 0.29) is 12.1 Å². The van der Waals surface area contributed by atoms with E-state index in [4.69, 9.17) is 17.0 Å². The molecule has 2 aromatic heterocycles. The standard InChI is InChI=1S/C23H25BrN4OS/c1-15-13-19(16(2)28(15)18-8-6-7-17(24)14-18)22-21(20-9-4-5-10-25-20)26-23(30)27(22)11-12-29-3/h4-10,13-14,21-22H,11-12H2,1-3H3,(H,26,30). The number of nitrogens with zero attached hydrogens (tertiary/aromatic N) is 3. The van der Waals surface area contributed by atoms with Crippen molar-refractivity contribution in [2.45, 2.75) is 25.9 Å². The van der Waals surface area contributed by atoms with E-state index in [2.05, 4.69) is 79.9 Å². The summed E-state index contributed by atoms with van der Waals surface area (Å²) in [5.41, 5.74) is 5.75. The highest BCUT2D eigenvalue weighted by Gasteiger charge is 2.41. The number of thiocarbonyl (C=S) groups is 1. The lowest BCUT2D eigenvalue weighted by molar-refractivity contribution is 0.164. The highest BCUT2D eigenvalue weighted by atomic mass is 79.9. The van der Waals surface area contributed by atoms with E-state index in [0.717, 1.165) is 27.5 Å². The fraction of sp³-hybridized carbons (Fsp3) is 0.304. The molecule has 1 N–H and O–H groups in total. The summed E-state index contributed by atoms with van der Waals surface area (Å²) in [7, 11) is 1.72. The van der Waals surface area contributed by atoms with Gasteiger partial charge in [-0.15, -0.1) is 0 Å². The summed E-state index contributed by atoms with van der Waals surface area (Å²) in [5.74, 6) is 0. The number of methoxy groups -OCH3 is 1. The van der Waals surface area contributed by atoms with E-state index >= 15 is 0 Å². The predicted octanol–water partition coefficient (Wildman–Crippen LogP) is 4.87. The number of benzene rings is 1. The molecule has 156 valence electrons. The summed E-state index contributed by atoms with van der Waals surface area (Å²) in [4.78, 5) is 6.85. The Labute approximate surface area is 191 Å². The van der Waals surface area contributed by atoms with Crippen molar-refractivity contribution in [2.24, 2.45) is 0 Å². The van der Waals surface area contributed by atoms with Crippen LogP contribution in [-0.4, -0.2) is 39.8 Å². The minimum atomic E-state index is -0.0213. The second kappa shape index (κ2) is 8.88. The normalized spacial score (nSPS) is 18.7. The molecular weight excluding hydrogens is 460 g/mol. The van der Waals surface area contributed by atoms with Gasteiger partial charge in [-0.05, 0) is 68.0 Å². The fourth-order valence-electron chi connectivity index (χ4n) is 4.27. The van der Waals surface area contributed by atoms with Crippen molar-refractivity contribution < 1.29 is 4.74 Å². The van der Waals surface area contributed by atoms with Crippen LogP contribution in [0.2, 0.25) is 0 Å². The molecule has 7 heteroatoms. The van der Waals surface area contributed by atoms with Gasteiger partial charge >= 0.3 is 0 Å². The molecule has 0 amide bonds. The summed E-state index contributed by atoms with van der Waals surface area (Å²) < 4.78 is 8.72. The van der Waals surface area contributed by atoms with Gasteiger partial charge in [-0.3, -0.25) is 4.98 Å². The number of halogens is 1. The van der Waals surface area contributed by atoms with Crippen molar-refractivity contribution in [3.8, 4) is 5.69 Å². The van der Waals surface area contributed by atoms with Crippen LogP contribution in [0.25, 0.3) is 5.69 Å². The molecule has 2 atom stereocenters. The SMILES string of the molecule is COCCN1C(=S)NC(c2ccccn2)C1c1cc(C)n(-c2cccc(Br)c2)c1C. The van der Waals surface area contributed by atoms with E-state index in [1.807, 2.05) is 24.4 Å². The Kier molecular flexibility index (Phi) is 6.22. The van der Waals surface area contributed by atoms with Crippen molar-refractivity contribution in [3.63, 3.8) is 0 Å². The largest absolute Gasteiger partial charge is 0.383 e. The number of hydrogen-bond donors (Lipinski definition) is 1. The summed E-state index contributed by atoms with van der Waals surface area (Å²) in [6.07, 6.45) is 1.83. The third kappa shape index (κ3) is 3.89. The van der Waals surface area contributed by atoms with Crippen molar-refractivity contribution in [1.29, 1.82) is 0 Å². The van der Waals surface area contributed by atoms with E-state index in [1.165, 1.54) is 17.0 Å². The number of ether oxygens (including phenoxy) is 1. The Hall–Kier alpha value is -2.22. The number of pyridine rings is 1. The van der Waals surface area contributed by atoms with Gasteiger partial charge in [0.1, 0.15) is 0 Å². The molecule has 1 fully saturated rings. The Balaban J connectivity index is 1.82. The first kappa shape index (κ1) is 21.0. The number of nitrogens with one attached hydrogen (secondary N) is 1. The Morgan fingerprint density at radius 1 is 1.17 bits per heavy atom. The summed E-state index contributed by atoms with van der Waals surface area (Å²) in [6, 6.07) is 16.7. The van der Waals surface area contributed by atoms with Crippen LogP contribution in [0.5, 0.6) is 0 Å². The highest BCUT2D eigenvalue weighted by molar-refractivity contribution is 9.10. The molecule has 2 unspecified atom stereocenters. The van der Waals surface area contributed by atoms with Crippen LogP contribution in [0.4, 0.5) is 0 Å². The van der Waals surface area contributed by atoms with Gasteiger partial charge < -0.3 is 19.5 Å². The Morgan fingerprint density at radius 3 is 2.70 bits per heavy atom. The first-order valence-electron chi connectivity index (χ1n) is 9.93. The second-order valence-corrected chi connectivity index (χ2v) is 8.76. The smallest absolute Gasteiger partial charge is 0.170 e. The molecule has 0 saturated carbocycles. The Morgan fingerprint density at radius 2 is 2.00 bits per heavy atom. The predicted molar refractivity (Wildman–Crippen MR) is 127 cm³/mol. The molecule has 4 rings (SSSR count). The van der Waals surface area contributed by atoms with E-state index in [1.54, 1.807) is 7.11 Å². The van der Waals surface area contributed by atoms with E-state index in [9.17, 15) is 0 Å². The van der Waals surface area contributed by atoms with Crippen molar-refractivity contribution >= 4 is 33.3 Å². The fourth-order valence-corrected chi connectivity index (χ4v) is 4.99. The lowest BCUT2D eigenvalue weighted by Crippen LogP contribution is -2.32. The maximum Gasteiger partial charge on any atom is 0.170 e. The number of aromatic nitrogens is 2. The van der Waals surface area contributed by atoms with Crippen LogP contribution in [0.15, 0.2) is 59.2 Å². The first-order valence-corrected chi connectivity index (χ1v) is 11.1. The molecule has 0 radical (unpaired) electrons. The molecule has 1 aliphatic heterocycles. The maximum atomic E-state index is 5.72. The quantitative estimate of drug-likeness (QED) is 0.505. The molecule has 0 aliphatic carbocycles. The van der Waals surface area contributed by atoms with Crippen LogP contribution in [-0.2, 0) is 4.74 Å². The van der Waals surface area contributed by atoms with E-state index < -0.39 is 0 Å². The zero-order chi connectivity index (χ0) is 21.3. The molecule has 0 spiro atoms. The van der Waals surface area contributed by atoms with Crippen molar-refractivity contribution in [3.05, 3.63) is 81.8 Å². The average molecular weight is 485 g/mol. The molecule has 1 saturated heterocycles. The van der Waals surface area contributed by atoms with Gasteiger partial charge in [-0.1, -0.05) is 28.1 Å². The molecule has 30 heavy (non-hydrogen) atoms. The van der Waals surface area contributed by atoms with Crippen LogP contribution in [0.3, 0.4) is 0 Å². The molecule has 0 bridgehead atoms. The van der Waals surface area contributed by atoms with E-state index in [0.29, 0.717) is 6.61 Å². The molecule has 3 heterocycles. The lowest BCUT2D eigenvalue weighted by atomic mass is 9.97. The minimum Gasteiger partial charge on any atom is -0.383 e. The van der Waals surface area contributed by atoms with Crippen molar-refractivity contribution in [2.75, 3.05) is 20.3 Å². The monoisotopic (exact) mass is 484 g/mol. The van der Waals surface area contributed by atoms with Gasteiger partial charge in [0.2, 0.25) is 0 Å². The van der Waals surface area contributed by atoms with Gasteiger partial charge in [0, 0.05) is 41.4 Å². The molecule has 1 aromatic carbocycles. The van der Waals surface area contributed by atoms with Crippen LogP contribution in [0.1, 0.15) is 34.7 Å². The maximum absolute atomic E-state index is 5.72. The molecule has 1 aliphatic rings. The van der Waals surface area contributed by atoms with Crippen LogP contribution < -0.4 is 5.32 Å². The second-order valence-electron chi connectivity index (χ2n) is 7.45. The molecule has 3 aromatic rings. The summed E-state index contributed by atoms with van der Waals surface area (Å²) >= 11 is 9.32. The number of rotatable bonds is 6. The number of hydrogen-bond acceptors (Lipinski definition) is 3. The topological polar surface area (TPSA) is 42.3 Å². The zero-order valence-electron chi connectivity index (χ0n) is 17.3. The first-order chi connectivity index (χ1) is 14.5. The van der Waals surface area contributed by atoms with Gasteiger partial charge in [0.05, 0.1) is 24.4 Å². The third-order valence-corrected chi connectivity index (χ3v) is 6.44. The average Bonchev–Trinajstić information content (AvgIpc) is 3.22. The summed E-state index contributed by atoms with van der Waals surface area (Å²) in [6.45, 7) is 5.65. The third-order valence-electron chi connectivity index (χ3n) is 5.59. The van der Waals surface area contributed by atoms with Gasteiger partial charge in [0.25, 0.3) is 0 Å². The van der Waals surface area contributed by atoms with Crippen molar-refractivity contribution in [1.82, 2.24) is 19.8 Å². The van der Waals surface area contributed by atoms with Crippen LogP contribution >= 0.6 is 28.1 Å². The molecular formula is C23H25BrN4OS. The zero-order valence-corrected chi connectivity index (χ0v) is 19.7.